The Balaban J connectivity index is 1.85. The molecule has 1 aromatic rings. The lowest BCUT2D eigenvalue weighted by atomic mass is 10.1. The van der Waals surface area contributed by atoms with Crippen molar-refractivity contribution in [2.75, 3.05) is 45.1 Å². The fourth-order valence-corrected chi connectivity index (χ4v) is 3.42. The number of amides is 3. The number of nitrogens with zero attached hydrogens (tertiary/aromatic N) is 2. The van der Waals surface area contributed by atoms with Crippen LogP contribution >= 0.6 is 0 Å². The van der Waals surface area contributed by atoms with Crippen molar-refractivity contribution in [2.24, 2.45) is 0 Å². The van der Waals surface area contributed by atoms with E-state index in [1.165, 1.54) is 25.7 Å². The topological polar surface area (TPSA) is 64.7 Å². The Kier molecular flexibility index (Phi) is 9.11. The Morgan fingerprint density at radius 1 is 1.15 bits per heavy atom. The van der Waals surface area contributed by atoms with Gasteiger partial charge in [-0.1, -0.05) is 25.0 Å². The van der Waals surface area contributed by atoms with Crippen LogP contribution in [0.2, 0.25) is 0 Å². The lowest BCUT2D eigenvalue weighted by Crippen LogP contribution is -2.41. The van der Waals surface area contributed by atoms with Crippen molar-refractivity contribution < 1.29 is 9.59 Å². The molecule has 3 amide bonds. The molecule has 6 heteroatoms. The Morgan fingerprint density at radius 2 is 1.89 bits per heavy atom. The van der Waals surface area contributed by atoms with Crippen LogP contribution in [0.25, 0.3) is 0 Å². The number of hydrogen-bond donors (Lipinski definition) is 2. The third kappa shape index (κ3) is 7.59. The minimum Gasteiger partial charge on any atom is -0.359 e. The van der Waals surface area contributed by atoms with Gasteiger partial charge in [0, 0.05) is 38.8 Å². The Morgan fingerprint density at radius 3 is 2.56 bits per heavy atom. The molecule has 0 aromatic heterocycles. The van der Waals surface area contributed by atoms with Crippen molar-refractivity contribution >= 4 is 17.6 Å². The molecule has 0 radical (unpaired) electrons. The quantitative estimate of drug-likeness (QED) is 0.735. The third-order valence-corrected chi connectivity index (χ3v) is 5.15. The lowest BCUT2D eigenvalue weighted by molar-refractivity contribution is -0.120. The molecule has 1 aromatic carbocycles. The molecule has 0 aliphatic carbocycles. The molecule has 0 saturated carbocycles. The SMILES string of the molecule is CCN(CCN1CCCCCC1)C(=O)Nc1cccc(CCC(=O)NC)c1. The summed E-state index contributed by atoms with van der Waals surface area (Å²) < 4.78 is 0. The highest BCUT2D eigenvalue weighted by Crippen LogP contribution is 2.14. The molecule has 150 valence electrons. The molecule has 1 fully saturated rings. The van der Waals surface area contributed by atoms with Crippen molar-refractivity contribution in [2.45, 2.75) is 45.4 Å². The van der Waals surface area contributed by atoms with E-state index in [1.54, 1.807) is 7.05 Å². The maximum absolute atomic E-state index is 12.6. The molecular weight excluding hydrogens is 340 g/mol. The maximum Gasteiger partial charge on any atom is 0.321 e. The zero-order valence-corrected chi connectivity index (χ0v) is 16.8. The van der Waals surface area contributed by atoms with Gasteiger partial charge in [-0.15, -0.1) is 0 Å². The summed E-state index contributed by atoms with van der Waals surface area (Å²) in [6, 6.07) is 7.68. The molecule has 0 atom stereocenters. The van der Waals surface area contributed by atoms with E-state index in [2.05, 4.69) is 15.5 Å². The van der Waals surface area contributed by atoms with Gasteiger partial charge in [0.1, 0.15) is 0 Å². The normalized spacial score (nSPS) is 15.0. The highest BCUT2D eigenvalue weighted by atomic mass is 16.2. The second kappa shape index (κ2) is 11.6. The first kappa shape index (κ1) is 21.2. The summed E-state index contributed by atoms with van der Waals surface area (Å²) in [4.78, 5) is 28.4. The lowest BCUT2D eigenvalue weighted by Gasteiger charge is -2.26. The van der Waals surface area contributed by atoms with Crippen molar-refractivity contribution in [3.63, 3.8) is 0 Å². The predicted molar refractivity (Wildman–Crippen MR) is 110 cm³/mol. The van der Waals surface area contributed by atoms with Crippen LogP contribution in [0.5, 0.6) is 0 Å². The highest BCUT2D eigenvalue weighted by Gasteiger charge is 2.15. The van der Waals surface area contributed by atoms with E-state index in [0.29, 0.717) is 19.4 Å². The number of likely N-dealkylation sites (tertiary alicyclic amines) is 1. The van der Waals surface area contributed by atoms with E-state index < -0.39 is 0 Å². The molecule has 1 aliphatic heterocycles. The zero-order valence-electron chi connectivity index (χ0n) is 16.8. The summed E-state index contributed by atoms with van der Waals surface area (Å²) in [5, 5.41) is 5.63. The van der Waals surface area contributed by atoms with Gasteiger partial charge in [0.05, 0.1) is 0 Å². The number of carbonyl (C=O) groups excluding carboxylic acids is 2. The van der Waals surface area contributed by atoms with Crippen LogP contribution in [-0.4, -0.2) is 61.5 Å². The number of nitrogens with one attached hydrogen (secondary N) is 2. The van der Waals surface area contributed by atoms with E-state index in [1.807, 2.05) is 36.1 Å². The molecule has 1 heterocycles. The minimum atomic E-state index is -0.0595. The summed E-state index contributed by atoms with van der Waals surface area (Å²) in [6.07, 6.45) is 6.29. The van der Waals surface area contributed by atoms with Gasteiger partial charge in [-0.3, -0.25) is 4.79 Å². The molecule has 0 unspecified atom stereocenters. The Labute approximate surface area is 163 Å². The first-order chi connectivity index (χ1) is 13.1. The van der Waals surface area contributed by atoms with E-state index in [-0.39, 0.29) is 11.9 Å². The van der Waals surface area contributed by atoms with E-state index in [9.17, 15) is 9.59 Å². The number of urea groups is 1. The van der Waals surface area contributed by atoms with Gasteiger partial charge in [-0.2, -0.15) is 0 Å². The third-order valence-electron chi connectivity index (χ3n) is 5.15. The predicted octanol–water partition coefficient (Wildman–Crippen LogP) is 3.10. The van der Waals surface area contributed by atoms with E-state index in [4.69, 9.17) is 0 Å². The number of benzene rings is 1. The van der Waals surface area contributed by atoms with Gasteiger partial charge in [-0.25, -0.2) is 4.79 Å². The highest BCUT2D eigenvalue weighted by molar-refractivity contribution is 5.89. The molecule has 2 rings (SSSR count). The second-order valence-corrected chi connectivity index (χ2v) is 7.14. The Bertz CT molecular complexity index is 598. The maximum atomic E-state index is 12.6. The second-order valence-electron chi connectivity index (χ2n) is 7.14. The largest absolute Gasteiger partial charge is 0.359 e. The van der Waals surface area contributed by atoms with Gasteiger partial charge in [0.2, 0.25) is 5.91 Å². The van der Waals surface area contributed by atoms with E-state index >= 15 is 0 Å². The number of carbonyl (C=O) groups is 2. The standard InChI is InChI=1S/C21H34N4O2/c1-3-25(16-15-24-13-6-4-5-7-14-24)21(27)23-19-10-8-9-18(17-19)11-12-20(26)22-2/h8-10,17H,3-7,11-16H2,1-2H3,(H,22,26)(H,23,27). The van der Waals surface area contributed by atoms with Gasteiger partial charge in [-0.05, 0) is 57.0 Å². The van der Waals surface area contributed by atoms with Crippen LogP contribution in [0.15, 0.2) is 24.3 Å². The zero-order chi connectivity index (χ0) is 19.5. The van der Waals surface area contributed by atoms with Crippen LogP contribution in [0.1, 0.15) is 44.6 Å². The first-order valence-corrected chi connectivity index (χ1v) is 10.2. The number of likely N-dealkylation sites (N-methyl/N-ethyl adjacent to an activating group) is 1. The van der Waals surface area contributed by atoms with Crippen molar-refractivity contribution in [3.8, 4) is 0 Å². The fourth-order valence-electron chi connectivity index (χ4n) is 3.42. The molecule has 2 N–H and O–H groups in total. The molecule has 0 bridgehead atoms. The number of rotatable bonds is 8. The van der Waals surface area contributed by atoms with E-state index in [0.717, 1.165) is 37.4 Å². The molecule has 1 aliphatic rings. The van der Waals surface area contributed by atoms with Crippen LogP contribution in [0, 0.1) is 0 Å². The van der Waals surface area contributed by atoms with Gasteiger partial charge >= 0.3 is 6.03 Å². The van der Waals surface area contributed by atoms with Crippen molar-refractivity contribution in [1.29, 1.82) is 0 Å². The summed E-state index contributed by atoms with van der Waals surface area (Å²) in [7, 11) is 1.64. The Hall–Kier alpha value is -2.08. The smallest absolute Gasteiger partial charge is 0.321 e. The number of anilines is 1. The van der Waals surface area contributed by atoms with Crippen LogP contribution in [0.3, 0.4) is 0 Å². The summed E-state index contributed by atoms with van der Waals surface area (Å²) in [5.41, 5.74) is 1.83. The fraction of sp³-hybridized carbons (Fsp3) is 0.619. The summed E-state index contributed by atoms with van der Waals surface area (Å²) >= 11 is 0. The van der Waals surface area contributed by atoms with Gasteiger partial charge < -0.3 is 20.4 Å². The summed E-state index contributed by atoms with van der Waals surface area (Å²) in [6.45, 7) is 6.68. The van der Waals surface area contributed by atoms with Crippen molar-refractivity contribution in [1.82, 2.24) is 15.1 Å². The van der Waals surface area contributed by atoms with Crippen LogP contribution in [-0.2, 0) is 11.2 Å². The average Bonchev–Trinajstić information content (AvgIpc) is 2.95. The van der Waals surface area contributed by atoms with Crippen molar-refractivity contribution in [3.05, 3.63) is 29.8 Å². The first-order valence-electron chi connectivity index (χ1n) is 10.2. The van der Waals surface area contributed by atoms with Gasteiger partial charge in [0.25, 0.3) is 0 Å². The molecule has 6 nitrogen and oxygen atoms in total. The van der Waals surface area contributed by atoms with Gasteiger partial charge in [0.15, 0.2) is 0 Å². The molecule has 0 spiro atoms. The molecule has 27 heavy (non-hydrogen) atoms. The number of hydrogen-bond acceptors (Lipinski definition) is 3. The molecular formula is C21H34N4O2. The number of aryl methyl sites for hydroxylation is 1. The summed E-state index contributed by atoms with van der Waals surface area (Å²) in [5.74, 6) is 0.0232. The van der Waals surface area contributed by atoms with Crippen LogP contribution < -0.4 is 10.6 Å². The molecule has 1 saturated heterocycles. The minimum absolute atomic E-state index is 0.0232. The monoisotopic (exact) mass is 374 g/mol. The van der Waals surface area contributed by atoms with Crippen LogP contribution in [0.4, 0.5) is 10.5 Å². The average molecular weight is 375 g/mol.